The molecule has 2 aromatic rings. The van der Waals surface area contributed by atoms with Gasteiger partial charge in [0.15, 0.2) is 17.3 Å². The highest BCUT2D eigenvalue weighted by molar-refractivity contribution is 6.05. The molecule has 132 valence electrons. The van der Waals surface area contributed by atoms with Gasteiger partial charge >= 0.3 is 0 Å². The minimum Gasteiger partial charge on any atom is -0.504 e. The van der Waals surface area contributed by atoms with E-state index < -0.39 is 5.92 Å². The summed E-state index contributed by atoms with van der Waals surface area (Å²) < 4.78 is 6.10. The first-order valence-electron chi connectivity index (χ1n) is 9.14. The number of hydrogen-bond donors (Lipinski definition) is 1. The lowest BCUT2D eigenvalue weighted by atomic mass is 9.84. The van der Waals surface area contributed by atoms with Crippen molar-refractivity contribution < 1.29 is 14.3 Å². The van der Waals surface area contributed by atoms with E-state index in [1.165, 1.54) is 11.1 Å². The maximum absolute atomic E-state index is 12.3. The molecule has 1 unspecified atom stereocenters. The third-order valence-corrected chi connectivity index (χ3v) is 5.39. The minimum atomic E-state index is -0.391. The summed E-state index contributed by atoms with van der Waals surface area (Å²) in [6, 6.07) is 10.4. The number of rotatable bonds is 2. The van der Waals surface area contributed by atoms with Crippen LogP contribution in [0.5, 0.6) is 0 Å². The van der Waals surface area contributed by atoms with Gasteiger partial charge in [-0.2, -0.15) is 0 Å². The lowest BCUT2D eigenvalue weighted by Crippen LogP contribution is -2.12. The fourth-order valence-corrected chi connectivity index (χ4v) is 4.01. The van der Waals surface area contributed by atoms with E-state index >= 15 is 0 Å². The summed E-state index contributed by atoms with van der Waals surface area (Å²) in [6.07, 6.45) is 14.6. The van der Waals surface area contributed by atoms with Crippen molar-refractivity contribution in [2.24, 2.45) is 0 Å². The molecule has 3 aliphatic carbocycles. The zero-order chi connectivity index (χ0) is 18.4. The van der Waals surface area contributed by atoms with Crippen LogP contribution < -0.4 is 0 Å². The normalized spacial score (nSPS) is 20.5. The molecule has 27 heavy (non-hydrogen) atoms. The first-order valence-corrected chi connectivity index (χ1v) is 9.14. The summed E-state index contributed by atoms with van der Waals surface area (Å²) in [5, 5.41) is 10.3. The molecular formula is C24H18O3. The molecule has 1 aromatic heterocycles. The van der Waals surface area contributed by atoms with E-state index in [9.17, 15) is 9.90 Å². The third kappa shape index (κ3) is 2.55. The van der Waals surface area contributed by atoms with Gasteiger partial charge in [0.05, 0.1) is 5.92 Å². The van der Waals surface area contributed by atoms with Crippen LogP contribution in [0.15, 0.2) is 71.2 Å². The summed E-state index contributed by atoms with van der Waals surface area (Å²) in [6.45, 7) is 0. The van der Waals surface area contributed by atoms with E-state index in [1.807, 2.05) is 30.4 Å². The van der Waals surface area contributed by atoms with Crippen molar-refractivity contribution in [3.63, 3.8) is 0 Å². The molecule has 0 radical (unpaired) electrons. The van der Waals surface area contributed by atoms with Crippen molar-refractivity contribution in [1.82, 2.24) is 0 Å². The molecule has 5 rings (SSSR count). The van der Waals surface area contributed by atoms with Gasteiger partial charge in [0.2, 0.25) is 0 Å². The molecule has 1 N–H and O–H groups in total. The van der Waals surface area contributed by atoms with Crippen molar-refractivity contribution in [2.45, 2.75) is 18.8 Å². The Morgan fingerprint density at radius 1 is 0.926 bits per heavy atom. The summed E-state index contributed by atoms with van der Waals surface area (Å²) in [7, 11) is 0. The highest BCUT2D eigenvalue weighted by Crippen LogP contribution is 2.44. The van der Waals surface area contributed by atoms with E-state index in [-0.39, 0.29) is 11.5 Å². The third-order valence-electron chi connectivity index (χ3n) is 5.39. The molecule has 1 aromatic carbocycles. The van der Waals surface area contributed by atoms with Crippen molar-refractivity contribution in [3.05, 3.63) is 95.0 Å². The quantitative estimate of drug-likeness (QED) is 0.754. The zero-order valence-electron chi connectivity index (χ0n) is 14.7. The summed E-state index contributed by atoms with van der Waals surface area (Å²) in [4.78, 5) is 12.3. The maximum atomic E-state index is 12.3. The predicted octanol–water partition coefficient (Wildman–Crippen LogP) is 5.69. The average Bonchev–Trinajstić information content (AvgIpc) is 3.02. The Morgan fingerprint density at radius 3 is 2.48 bits per heavy atom. The second kappa shape index (κ2) is 6.13. The van der Waals surface area contributed by atoms with Gasteiger partial charge < -0.3 is 9.52 Å². The predicted molar refractivity (Wildman–Crippen MR) is 107 cm³/mol. The van der Waals surface area contributed by atoms with Crippen LogP contribution in [0.1, 0.15) is 47.0 Å². The maximum Gasteiger partial charge on any atom is 0.174 e. The molecule has 0 saturated heterocycles. The second-order valence-electron chi connectivity index (χ2n) is 6.99. The van der Waals surface area contributed by atoms with E-state index in [4.69, 9.17) is 4.42 Å². The number of hydrogen-bond acceptors (Lipinski definition) is 3. The van der Waals surface area contributed by atoms with Crippen LogP contribution >= 0.6 is 0 Å². The van der Waals surface area contributed by atoms with Gasteiger partial charge in [-0.1, -0.05) is 54.6 Å². The lowest BCUT2D eigenvalue weighted by molar-refractivity contribution is -0.115. The molecule has 3 aliphatic rings. The molecule has 3 nitrogen and oxygen atoms in total. The number of allylic oxidation sites excluding steroid dienone is 8. The summed E-state index contributed by atoms with van der Waals surface area (Å²) in [5.41, 5.74) is 5.31. The zero-order valence-corrected chi connectivity index (χ0v) is 14.7. The molecule has 1 heterocycles. The minimum absolute atomic E-state index is 0.0133. The van der Waals surface area contributed by atoms with Gasteiger partial charge in [-0.25, -0.2) is 0 Å². The largest absolute Gasteiger partial charge is 0.504 e. The van der Waals surface area contributed by atoms with E-state index in [2.05, 4.69) is 24.3 Å². The molecule has 0 bridgehead atoms. The smallest absolute Gasteiger partial charge is 0.174 e. The first kappa shape index (κ1) is 15.9. The number of carbonyl (C=O) groups is 1. The second-order valence-corrected chi connectivity index (χ2v) is 6.99. The van der Waals surface area contributed by atoms with Crippen LogP contribution in [0.3, 0.4) is 0 Å². The summed E-state index contributed by atoms with van der Waals surface area (Å²) >= 11 is 0. The average molecular weight is 354 g/mol. The summed E-state index contributed by atoms with van der Waals surface area (Å²) in [5.74, 6) is 0.854. The van der Waals surface area contributed by atoms with Crippen molar-refractivity contribution in [1.29, 1.82) is 0 Å². The molecule has 0 amide bonds. The van der Waals surface area contributed by atoms with Crippen molar-refractivity contribution in [3.8, 4) is 0 Å². The fourth-order valence-electron chi connectivity index (χ4n) is 4.01. The van der Waals surface area contributed by atoms with E-state index in [0.717, 1.165) is 35.3 Å². The van der Waals surface area contributed by atoms with Crippen LogP contribution in [0.25, 0.3) is 23.0 Å². The Hall–Kier alpha value is -3.33. The molecular weight excluding hydrogens is 336 g/mol. The highest BCUT2D eigenvalue weighted by Gasteiger charge is 2.34. The molecule has 0 spiro atoms. The number of ketones is 1. The van der Waals surface area contributed by atoms with Crippen LogP contribution in [-0.2, 0) is 4.79 Å². The van der Waals surface area contributed by atoms with Gasteiger partial charge in [-0.05, 0) is 47.8 Å². The fraction of sp³-hybridized carbons (Fsp3) is 0.125. The van der Waals surface area contributed by atoms with E-state index in [0.29, 0.717) is 5.76 Å². The van der Waals surface area contributed by atoms with Gasteiger partial charge in [0.1, 0.15) is 5.76 Å². The number of furan rings is 1. The molecule has 0 fully saturated rings. The van der Waals surface area contributed by atoms with Gasteiger partial charge in [0.25, 0.3) is 0 Å². The van der Waals surface area contributed by atoms with Gasteiger partial charge in [0, 0.05) is 11.1 Å². The Balaban J connectivity index is 1.60. The monoisotopic (exact) mass is 354 g/mol. The van der Waals surface area contributed by atoms with Crippen LogP contribution in [0.4, 0.5) is 0 Å². The van der Waals surface area contributed by atoms with Crippen molar-refractivity contribution >= 4 is 28.8 Å². The number of aliphatic hydroxyl groups is 1. The SMILES string of the molecule is O=C1C=Cc2c(C3=CC=C(c4ccccc4)CC3)oc3c2C1C=CC=C3O. The number of carbonyl (C=O) groups excluding carboxylic acids is 1. The van der Waals surface area contributed by atoms with Crippen molar-refractivity contribution in [2.75, 3.05) is 0 Å². The van der Waals surface area contributed by atoms with Crippen LogP contribution in [0.2, 0.25) is 0 Å². The molecule has 0 aliphatic heterocycles. The van der Waals surface area contributed by atoms with Gasteiger partial charge in [-0.3, -0.25) is 4.79 Å². The molecule has 0 saturated carbocycles. The first-order chi connectivity index (χ1) is 13.2. The molecule has 3 heteroatoms. The number of benzene rings is 1. The Labute approximate surface area is 157 Å². The van der Waals surface area contributed by atoms with Crippen LogP contribution in [0, 0.1) is 0 Å². The van der Waals surface area contributed by atoms with E-state index in [1.54, 1.807) is 18.2 Å². The Kier molecular flexibility index (Phi) is 3.61. The Morgan fingerprint density at radius 2 is 1.70 bits per heavy atom. The van der Waals surface area contributed by atoms with Gasteiger partial charge in [-0.15, -0.1) is 0 Å². The van der Waals surface area contributed by atoms with Crippen LogP contribution in [-0.4, -0.2) is 10.9 Å². The highest BCUT2D eigenvalue weighted by atomic mass is 16.4. The Bertz CT molecular complexity index is 1090. The standard InChI is InChI=1S/C24H18O3/c25-20-14-13-19-22-18(20)7-4-8-21(26)24(22)27-23(19)17-11-9-16(10-12-17)15-5-2-1-3-6-15/h1-9,11,13-14,18,26H,10,12H2. The number of aliphatic hydroxyl groups excluding tert-OH is 1. The topological polar surface area (TPSA) is 50.4 Å². The molecule has 1 atom stereocenters. The lowest BCUT2D eigenvalue weighted by Gasteiger charge is -2.16.